The minimum Gasteiger partial charge on any atom is -0.342 e. The van der Waals surface area contributed by atoms with Crippen molar-refractivity contribution in [1.82, 2.24) is 9.97 Å². The Morgan fingerprint density at radius 3 is 2.68 bits per heavy atom. The van der Waals surface area contributed by atoms with E-state index in [1.54, 1.807) is 0 Å². The Kier molecular flexibility index (Phi) is 4.14. The van der Waals surface area contributed by atoms with Gasteiger partial charge in [0.15, 0.2) is 5.82 Å². The predicted molar refractivity (Wildman–Crippen MR) is 71.9 cm³/mol. The van der Waals surface area contributed by atoms with E-state index < -0.39 is 11.6 Å². The molecule has 3 nitrogen and oxygen atoms in total. The highest BCUT2D eigenvalue weighted by Crippen LogP contribution is 2.24. The van der Waals surface area contributed by atoms with Gasteiger partial charge in [0.05, 0.1) is 5.52 Å². The van der Waals surface area contributed by atoms with Crippen LogP contribution in [0.15, 0.2) is 12.1 Å². The van der Waals surface area contributed by atoms with Gasteiger partial charge < -0.3 is 10.7 Å². The van der Waals surface area contributed by atoms with Crippen LogP contribution in [0.4, 0.5) is 8.78 Å². The third kappa shape index (κ3) is 3.29. The molecular weight excluding hydrogens is 248 g/mol. The Labute approximate surface area is 111 Å². The minimum atomic E-state index is -0.625. The van der Waals surface area contributed by atoms with E-state index in [2.05, 4.69) is 9.97 Å². The van der Waals surface area contributed by atoms with Crippen LogP contribution in [-0.4, -0.2) is 16.0 Å². The third-order valence-electron chi connectivity index (χ3n) is 3.29. The quantitative estimate of drug-likeness (QED) is 0.871. The van der Waals surface area contributed by atoms with E-state index in [4.69, 9.17) is 5.73 Å². The van der Waals surface area contributed by atoms with Gasteiger partial charge >= 0.3 is 0 Å². The van der Waals surface area contributed by atoms with Gasteiger partial charge in [-0.15, -0.1) is 0 Å². The second kappa shape index (κ2) is 5.65. The zero-order chi connectivity index (χ0) is 14.0. The Morgan fingerprint density at radius 1 is 1.26 bits per heavy atom. The molecule has 2 unspecified atom stereocenters. The number of hydrogen-bond donors (Lipinski definition) is 2. The van der Waals surface area contributed by atoms with Crippen molar-refractivity contribution in [1.29, 1.82) is 0 Å². The summed E-state index contributed by atoms with van der Waals surface area (Å²) in [6, 6.07) is 2.31. The molecule has 0 saturated carbocycles. The van der Waals surface area contributed by atoms with Gasteiger partial charge in [-0.1, -0.05) is 13.3 Å². The molecule has 3 N–H and O–H groups in total. The minimum absolute atomic E-state index is 0.175. The highest BCUT2D eigenvalue weighted by molar-refractivity contribution is 5.75. The van der Waals surface area contributed by atoms with E-state index in [-0.39, 0.29) is 17.5 Å². The average Bonchev–Trinajstić information content (AvgIpc) is 2.72. The van der Waals surface area contributed by atoms with Crippen molar-refractivity contribution in [2.24, 2.45) is 5.73 Å². The molecule has 0 aliphatic rings. The lowest BCUT2D eigenvalue weighted by Crippen LogP contribution is -2.14. The van der Waals surface area contributed by atoms with Crippen molar-refractivity contribution in [3.8, 4) is 0 Å². The van der Waals surface area contributed by atoms with Crippen molar-refractivity contribution in [3.63, 3.8) is 0 Å². The molecule has 1 aromatic heterocycles. The number of nitrogens with two attached hydrogens (primary N) is 1. The van der Waals surface area contributed by atoms with Crippen molar-refractivity contribution in [2.75, 3.05) is 0 Å². The van der Waals surface area contributed by atoms with E-state index in [1.165, 1.54) is 6.07 Å². The number of nitrogens with zero attached hydrogens (tertiary/aromatic N) is 1. The van der Waals surface area contributed by atoms with Gasteiger partial charge in [-0.05, 0) is 25.8 Å². The first-order chi connectivity index (χ1) is 8.97. The van der Waals surface area contributed by atoms with Crippen LogP contribution in [0.2, 0.25) is 0 Å². The Balaban J connectivity index is 2.14. The molecule has 104 valence electrons. The van der Waals surface area contributed by atoms with Gasteiger partial charge in [0.25, 0.3) is 0 Å². The number of hydrogen-bond acceptors (Lipinski definition) is 2. The molecule has 0 spiro atoms. The summed E-state index contributed by atoms with van der Waals surface area (Å²) >= 11 is 0. The fraction of sp³-hybridized carbons (Fsp3) is 0.500. The fourth-order valence-corrected chi connectivity index (χ4v) is 2.18. The lowest BCUT2D eigenvalue weighted by atomic mass is 10.0. The summed E-state index contributed by atoms with van der Waals surface area (Å²) in [6.07, 6.45) is 2.87. The monoisotopic (exact) mass is 267 g/mol. The molecule has 0 fully saturated rings. The molecule has 2 atom stereocenters. The maximum Gasteiger partial charge on any atom is 0.153 e. The van der Waals surface area contributed by atoms with Crippen molar-refractivity contribution >= 4 is 11.0 Å². The standard InChI is InChI=1S/C14H19F2N3/c1-8(4-3-5-9(2)17)14-18-12-7-10(15)6-11(16)13(12)19-14/h6-9H,3-5,17H2,1-2H3,(H,18,19). The van der Waals surface area contributed by atoms with Crippen LogP contribution in [-0.2, 0) is 0 Å². The third-order valence-corrected chi connectivity index (χ3v) is 3.29. The summed E-state index contributed by atoms with van der Waals surface area (Å²) in [5.74, 6) is -0.345. The van der Waals surface area contributed by atoms with Gasteiger partial charge in [-0.3, -0.25) is 0 Å². The topological polar surface area (TPSA) is 54.7 Å². The highest BCUT2D eigenvalue weighted by Gasteiger charge is 2.14. The first kappa shape index (κ1) is 13.9. The Bertz CT molecular complexity index is 563. The molecule has 2 aromatic rings. The summed E-state index contributed by atoms with van der Waals surface area (Å²) in [5.41, 5.74) is 6.31. The molecule has 1 aromatic carbocycles. The summed E-state index contributed by atoms with van der Waals surface area (Å²) in [4.78, 5) is 7.22. The normalized spacial score (nSPS) is 14.8. The lowest BCUT2D eigenvalue weighted by molar-refractivity contribution is 0.546. The second-order valence-corrected chi connectivity index (χ2v) is 5.22. The molecule has 0 aliphatic carbocycles. The van der Waals surface area contributed by atoms with Crippen molar-refractivity contribution in [2.45, 2.75) is 45.1 Å². The molecule has 2 rings (SSSR count). The maximum absolute atomic E-state index is 13.5. The van der Waals surface area contributed by atoms with E-state index >= 15 is 0 Å². The summed E-state index contributed by atoms with van der Waals surface area (Å²) < 4.78 is 26.6. The van der Waals surface area contributed by atoms with Crippen LogP contribution in [0.25, 0.3) is 11.0 Å². The molecule has 5 heteroatoms. The second-order valence-electron chi connectivity index (χ2n) is 5.22. The highest BCUT2D eigenvalue weighted by atomic mass is 19.1. The number of benzene rings is 1. The Hall–Kier alpha value is -1.49. The number of H-pyrrole nitrogens is 1. The maximum atomic E-state index is 13.5. The molecule has 0 radical (unpaired) electrons. The SMILES string of the molecule is CC(N)CCCC(C)c1nc2c(F)cc(F)cc2[nH]1. The number of halogens is 2. The largest absolute Gasteiger partial charge is 0.342 e. The van der Waals surface area contributed by atoms with Gasteiger partial charge in [0.2, 0.25) is 0 Å². The number of rotatable bonds is 5. The smallest absolute Gasteiger partial charge is 0.153 e. The number of imidazole rings is 1. The first-order valence-corrected chi connectivity index (χ1v) is 6.57. The van der Waals surface area contributed by atoms with Crippen LogP contribution in [0.3, 0.4) is 0 Å². The van der Waals surface area contributed by atoms with Crippen molar-refractivity contribution in [3.05, 3.63) is 29.6 Å². The molecule has 0 amide bonds. The molecule has 0 bridgehead atoms. The van der Waals surface area contributed by atoms with E-state index in [9.17, 15) is 8.78 Å². The van der Waals surface area contributed by atoms with Crippen LogP contribution in [0, 0.1) is 11.6 Å². The van der Waals surface area contributed by atoms with Crippen LogP contribution in [0.5, 0.6) is 0 Å². The molecule has 0 saturated heterocycles. The lowest BCUT2D eigenvalue weighted by Gasteiger charge is -2.09. The zero-order valence-electron chi connectivity index (χ0n) is 11.2. The summed E-state index contributed by atoms with van der Waals surface area (Å²) in [7, 11) is 0. The molecule has 19 heavy (non-hydrogen) atoms. The van der Waals surface area contributed by atoms with E-state index in [1.807, 2.05) is 13.8 Å². The van der Waals surface area contributed by atoms with E-state index in [0.29, 0.717) is 11.3 Å². The molecular formula is C14H19F2N3. The van der Waals surface area contributed by atoms with Gasteiger partial charge in [0, 0.05) is 18.0 Å². The van der Waals surface area contributed by atoms with Crippen LogP contribution < -0.4 is 5.73 Å². The van der Waals surface area contributed by atoms with Gasteiger partial charge in [-0.2, -0.15) is 0 Å². The van der Waals surface area contributed by atoms with Crippen molar-refractivity contribution < 1.29 is 8.78 Å². The fourth-order valence-electron chi connectivity index (χ4n) is 2.18. The Morgan fingerprint density at radius 2 is 2.00 bits per heavy atom. The number of aromatic amines is 1. The number of fused-ring (bicyclic) bond motifs is 1. The average molecular weight is 267 g/mol. The molecule has 0 aliphatic heterocycles. The van der Waals surface area contributed by atoms with Crippen LogP contribution in [0.1, 0.15) is 44.9 Å². The van der Waals surface area contributed by atoms with Crippen LogP contribution >= 0.6 is 0 Å². The first-order valence-electron chi connectivity index (χ1n) is 6.57. The van der Waals surface area contributed by atoms with Gasteiger partial charge in [0.1, 0.15) is 17.2 Å². The predicted octanol–water partition coefficient (Wildman–Crippen LogP) is 3.46. The summed E-state index contributed by atoms with van der Waals surface area (Å²) in [5, 5.41) is 0. The number of aromatic nitrogens is 2. The number of nitrogens with one attached hydrogen (secondary N) is 1. The van der Waals surface area contributed by atoms with Gasteiger partial charge in [-0.25, -0.2) is 13.8 Å². The molecule has 1 heterocycles. The van der Waals surface area contributed by atoms with E-state index in [0.717, 1.165) is 25.3 Å². The zero-order valence-corrected chi connectivity index (χ0v) is 11.2. The summed E-state index contributed by atoms with van der Waals surface area (Å²) in [6.45, 7) is 4.00.